The Hall–Kier alpha value is -1.03. The summed E-state index contributed by atoms with van der Waals surface area (Å²) in [7, 11) is 3.77. The Morgan fingerprint density at radius 2 is 2.45 bits per heavy atom. The Labute approximate surface area is 66.1 Å². The fourth-order valence-electron chi connectivity index (χ4n) is 0.871. The first-order valence-corrected chi connectivity index (χ1v) is 3.55. The van der Waals surface area contributed by atoms with Crippen molar-refractivity contribution in [2.24, 2.45) is 7.05 Å². The summed E-state index contributed by atoms with van der Waals surface area (Å²) in [4.78, 5) is 1.90. The Morgan fingerprint density at radius 3 is 2.91 bits per heavy atom. The van der Waals surface area contributed by atoms with E-state index in [1.165, 1.54) is 0 Å². The minimum absolute atomic E-state index is 0.160. The predicted octanol–water partition coefficient (Wildman–Crippen LogP) is -0.151. The van der Waals surface area contributed by atoms with Gasteiger partial charge in [0, 0.05) is 32.9 Å². The van der Waals surface area contributed by atoms with Crippen LogP contribution in [0.25, 0.3) is 0 Å². The molecule has 1 heterocycles. The van der Waals surface area contributed by atoms with Crippen LogP contribution in [0.1, 0.15) is 0 Å². The molecular formula is C7H13N3O. The van der Waals surface area contributed by atoms with Gasteiger partial charge in [-0.05, 0) is 0 Å². The number of aromatic nitrogens is 2. The van der Waals surface area contributed by atoms with Crippen LogP contribution in [0.15, 0.2) is 12.3 Å². The first kappa shape index (κ1) is 8.07. The largest absolute Gasteiger partial charge is 0.395 e. The molecule has 0 fully saturated rings. The number of hydrogen-bond acceptors (Lipinski definition) is 3. The van der Waals surface area contributed by atoms with Crippen LogP contribution >= 0.6 is 0 Å². The standard InChI is InChI=1S/C7H13N3O/c1-9(5-6-11)7-3-4-10(2)8-7/h3-4,11H,5-6H2,1-2H3. The number of aryl methyl sites for hydroxylation is 1. The van der Waals surface area contributed by atoms with Gasteiger partial charge in [-0.25, -0.2) is 0 Å². The molecule has 0 unspecified atom stereocenters. The maximum Gasteiger partial charge on any atom is 0.150 e. The molecular weight excluding hydrogens is 142 g/mol. The number of anilines is 1. The molecule has 62 valence electrons. The van der Waals surface area contributed by atoms with Gasteiger partial charge in [-0.3, -0.25) is 4.68 Å². The molecule has 0 aliphatic heterocycles. The van der Waals surface area contributed by atoms with Crippen molar-refractivity contribution in [3.8, 4) is 0 Å². The van der Waals surface area contributed by atoms with E-state index in [2.05, 4.69) is 5.10 Å². The van der Waals surface area contributed by atoms with Crippen LogP contribution in [-0.4, -0.2) is 35.1 Å². The average molecular weight is 155 g/mol. The molecule has 0 amide bonds. The monoisotopic (exact) mass is 155 g/mol. The van der Waals surface area contributed by atoms with Gasteiger partial charge in [0.15, 0.2) is 0 Å². The number of aliphatic hydroxyl groups is 1. The van der Waals surface area contributed by atoms with Crippen molar-refractivity contribution in [1.29, 1.82) is 0 Å². The van der Waals surface area contributed by atoms with Crippen molar-refractivity contribution in [2.45, 2.75) is 0 Å². The third kappa shape index (κ3) is 1.94. The SMILES string of the molecule is CN(CCO)c1ccn(C)n1. The molecule has 11 heavy (non-hydrogen) atoms. The van der Waals surface area contributed by atoms with Crippen molar-refractivity contribution in [3.63, 3.8) is 0 Å². The van der Waals surface area contributed by atoms with Crippen LogP contribution in [-0.2, 0) is 7.05 Å². The molecule has 1 aromatic rings. The molecule has 1 N–H and O–H groups in total. The second-order valence-corrected chi connectivity index (χ2v) is 2.49. The van der Waals surface area contributed by atoms with Crippen LogP contribution in [0.4, 0.5) is 5.82 Å². The van der Waals surface area contributed by atoms with E-state index >= 15 is 0 Å². The van der Waals surface area contributed by atoms with Gasteiger partial charge in [0.05, 0.1) is 6.61 Å². The molecule has 0 aromatic carbocycles. The van der Waals surface area contributed by atoms with Gasteiger partial charge in [0.2, 0.25) is 0 Å². The molecule has 1 aromatic heterocycles. The minimum Gasteiger partial charge on any atom is -0.395 e. The Balaban J connectivity index is 2.60. The van der Waals surface area contributed by atoms with E-state index in [9.17, 15) is 0 Å². The van der Waals surface area contributed by atoms with Gasteiger partial charge in [-0.2, -0.15) is 5.10 Å². The third-order valence-corrected chi connectivity index (χ3v) is 1.53. The van der Waals surface area contributed by atoms with E-state index in [0.29, 0.717) is 6.54 Å². The smallest absolute Gasteiger partial charge is 0.150 e. The van der Waals surface area contributed by atoms with Crippen molar-refractivity contribution >= 4 is 5.82 Å². The zero-order valence-electron chi connectivity index (χ0n) is 6.86. The van der Waals surface area contributed by atoms with Crippen molar-refractivity contribution in [2.75, 3.05) is 25.1 Å². The van der Waals surface area contributed by atoms with Crippen molar-refractivity contribution in [3.05, 3.63) is 12.3 Å². The van der Waals surface area contributed by atoms with Crippen LogP contribution < -0.4 is 4.90 Å². The van der Waals surface area contributed by atoms with Crippen molar-refractivity contribution < 1.29 is 5.11 Å². The Bertz CT molecular complexity index is 221. The molecule has 0 bridgehead atoms. The molecule has 0 aliphatic carbocycles. The molecule has 1 rings (SSSR count). The van der Waals surface area contributed by atoms with E-state index < -0.39 is 0 Å². The molecule has 0 spiro atoms. The van der Waals surface area contributed by atoms with Crippen LogP contribution in [0.3, 0.4) is 0 Å². The zero-order valence-corrected chi connectivity index (χ0v) is 6.86. The fraction of sp³-hybridized carbons (Fsp3) is 0.571. The lowest BCUT2D eigenvalue weighted by Crippen LogP contribution is -2.21. The molecule has 0 aliphatic rings. The summed E-state index contributed by atoms with van der Waals surface area (Å²) in [5, 5.41) is 12.8. The fourth-order valence-corrected chi connectivity index (χ4v) is 0.871. The Morgan fingerprint density at radius 1 is 1.73 bits per heavy atom. The van der Waals surface area contributed by atoms with Crippen LogP contribution in [0, 0.1) is 0 Å². The predicted molar refractivity (Wildman–Crippen MR) is 43.6 cm³/mol. The number of aliphatic hydroxyl groups excluding tert-OH is 1. The maximum atomic E-state index is 8.63. The molecule has 0 radical (unpaired) electrons. The summed E-state index contributed by atoms with van der Waals surface area (Å²) in [5.41, 5.74) is 0. The summed E-state index contributed by atoms with van der Waals surface area (Å²) in [6.07, 6.45) is 1.88. The van der Waals surface area contributed by atoms with Gasteiger partial charge >= 0.3 is 0 Å². The van der Waals surface area contributed by atoms with E-state index in [1.54, 1.807) is 4.68 Å². The van der Waals surface area contributed by atoms with E-state index in [-0.39, 0.29) is 6.61 Å². The van der Waals surface area contributed by atoms with Crippen LogP contribution in [0.2, 0.25) is 0 Å². The van der Waals surface area contributed by atoms with E-state index in [1.807, 2.05) is 31.3 Å². The Kier molecular flexibility index (Phi) is 2.48. The number of nitrogens with zero attached hydrogens (tertiary/aromatic N) is 3. The first-order valence-electron chi connectivity index (χ1n) is 3.55. The number of hydrogen-bond donors (Lipinski definition) is 1. The minimum atomic E-state index is 0.160. The molecule has 0 saturated heterocycles. The maximum absolute atomic E-state index is 8.63. The zero-order chi connectivity index (χ0) is 8.27. The van der Waals surface area contributed by atoms with Gasteiger partial charge < -0.3 is 10.0 Å². The highest BCUT2D eigenvalue weighted by molar-refractivity contribution is 5.35. The highest BCUT2D eigenvalue weighted by Crippen LogP contribution is 2.05. The molecule has 4 nitrogen and oxygen atoms in total. The molecule has 0 atom stereocenters. The summed E-state index contributed by atoms with van der Waals surface area (Å²) in [6.45, 7) is 0.782. The lowest BCUT2D eigenvalue weighted by atomic mass is 10.5. The average Bonchev–Trinajstić information content (AvgIpc) is 2.36. The number of likely N-dealkylation sites (N-methyl/N-ethyl adjacent to an activating group) is 1. The highest BCUT2D eigenvalue weighted by atomic mass is 16.3. The summed E-state index contributed by atoms with van der Waals surface area (Å²) >= 11 is 0. The van der Waals surface area contributed by atoms with E-state index in [0.717, 1.165) is 5.82 Å². The van der Waals surface area contributed by atoms with E-state index in [4.69, 9.17) is 5.11 Å². The van der Waals surface area contributed by atoms with Crippen molar-refractivity contribution in [1.82, 2.24) is 9.78 Å². The second kappa shape index (κ2) is 3.39. The second-order valence-electron chi connectivity index (χ2n) is 2.49. The lowest BCUT2D eigenvalue weighted by Gasteiger charge is -2.13. The normalized spacial score (nSPS) is 10.1. The summed E-state index contributed by atoms with van der Waals surface area (Å²) < 4.78 is 1.74. The van der Waals surface area contributed by atoms with Gasteiger partial charge in [-0.1, -0.05) is 0 Å². The third-order valence-electron chi connectivity index (χ3n) is 1.53. The highest BCUT2D eigenvalue weighted by Gasteiger charge is 2.01. The quantitative estimate of drug-likeness (QED) is 0.660. The van der Waals surface area contributed by atoms with Crippen LogP contribution in [0.5, 0.6) is 0 Å². The summed E-state index contributed by atoms with van der Waals surface area (Å²) in [6, 6.07) is 1.91. The molecule has 4 heteroatoms. The first-order chi connectivity index (χ1) is 5.24. The number of rotatable bonds is 3. The summed E-state index contributed by atoms with van der Waals surface area (Å²) in [5.74, 6) is 0.890. The van der Waals surface area contributed by atoms with Gasteiger partial charge in [0.1, 0.15) is 5.82 Å². The lowest BCUT2D eigenvalue weighted by molar-refractivity contribution is 0.303. The topological polar surface area (TPSA) is 41.3 Å². The molecule has 0 saturated carbocycles. The van der Waals surface area contributed by atoms with Gasteiger partial charge in [0.25, 0.3) is 0 Å². The van der Waals surface area contributed by atoms with Gasteiger partial charge in [-0.15, -0.1) is 0 Å².